The SMILES string of the molecule is CCS(=O)C1CCCC(NC(=NC)NCc2cc(Br)ccc2OC)C1.I. The van der Waals surface area contributed by atoms with Gasteiger partial charge in [-0.3, -0.25) is 9.20 Å². The first-order valence-electron chi connectivity index (χ1n) is 8.74. The zero-order chi connectivity index (χ0) is 18.2. The number of ether oxygens (including phenoxy) is 1. The van der Waals surface area contributed by atoms with Gasteiger partial charge in [-0.25, -0.2) is 0 Å². The molecular weight excluding hydrogens is 529 g/mol. The maximum absolute atomic E-state index is 12.1. The van der Waals surface area contributed by atoms with Crippen LogP contribution in [0.25, 0.3) is 0 Å². The molecule has 1 aromatic carbocycles. The highest BCUT2D eigenvalue weighted by Gasteiger charge is 2.26. The molecule has 0 aliphatic heterocycles. The topological polar surface area (TPSA) is 62.7 Å². The number of hydrogen-bond acceptors (Lipinski definition) is 3. The van der Waals surface area contributed by atoms with E-state index in [1.165, 1.54) is 0 Å². The molecule has 1 aromatic rings. The zero-order valence-electron chi connectivity index (χ0n) is 15.6. The standard InChI is InChI=1S/C18H28BrN3O2S.HI/c1-4-25(23)16-7-5-6-15(11-16)22-18(20-2)21-12-13-10-14(19)8-9-17(13)24-3;/h8-10,15-16H,4-7,11-12H2,1-3H3,(H2,20,21,22);1H. The molecule has 1 aliphatic carbocycles. The number of rotatable bonds is 6. The van der Waals surface area contributed by atoms with Gasteiger partial charge in [0.1, 0.15) is 5.75 Å². The van der Waals surface area contributed by atoms with Gasteiger partial charge in [0.15, 0.2) is 5.96 Å². The molecule has 0 bridgehead atoms. The van der Waals surface area contributed by atoms with Crippen molar-refractivity contribution in [3.05, 3.63) is 28.2 Å². The average molecular weight is 558 g/mol. The smallest absolute Gasteiger partial charge is 0.191 e. The number of aliphatic imine (C=N–C) groups is 1. The van der Waals surface area contributed by atoms with Crippen LogP contribution in [0.3, 0.4) is 0 Å². The number of nitrogens with one attached hydrogen (secondary N) is 2. The van der Waals surface area contributed by atoms with Gasteiger partial charge in [0.2, 0.25) is 0 Å². The minimum Gasteiger partial charge on any atom is -0.496 e. The van der Waals surface area contributed by atoms with E-state index in [9.17, 15) is 4.21 Å². The van der Waals surface area contributed by atoms with Gasteiger partial charge in [-0.2, -0.15) is 0 Å². The van der Waals surface area contributed by atoms with Gasteiger partial charge >= 0.3 is 0 Å². The van der Waals surface area contributed by atoms with Gasteiger partial charge in [0.25, 0.3) is 0 Å². The van der Waals surface area contributed by atoms with Crippen LogP contribution in [-0.4, -0.2) is 41.4 Å². The molecule has 148 valence electrons. The van der Waals surface area contributed by atoms with Crippen molar-refractivity contribution >= 4 is 56.7 Å². The van der Waals surface area contributed by atoms with E-state index in [1.54, 1.807) is 14.2 Å². The van der Waals surface area contributed by atoms with Gasteiger partial charge in [-0.15, -0.1) is 24.0 Å². The zero-order valence-corrected chi connectivity index (χ0v) is 20.3. The van der Waals surface area contributed by atoms with Crippen LogP contribution in [0.15, 0.2) is 27.7 Å². The van der Waals surface area contributed by atoms with Crippen molar-refractivity contribution in [2.24, 2.45) is 4.99 Å². The molecule has 0 saturated heterocycles. The normalized spacial score (nSPS) is 21.5. The molecule has 0 heterocycles. The Morgan fingerprint density at radius 1 is 1.42 bits per heavy atom. The lowest BCUT2D eigenvalue weighted by Crippen LogP contribution is -2.46. The molecule has 1 saturated carbocycles. The lowest BCUT2D eigenvalue weighted by Gasteiger charge is -2.30. The molecule has 2 rings (SSSR count). The Labute approximate surface area is 184 Å². The summed E-state index contributed by atoms with van der Waals surface area (Å²) in [6.07, 6.45) is 4.23. The van der Waals surface area contributed by atoms with Crippen LogP contribution in [0.5, 0.6) is 5.75 Å². The van der Waals surface area contributed by atoms with E-state index in [2.05, 4.69) is 31.6 Å². The molecular formula is C18H29BrIN3O2S. The van der Waals surface area contributed by atoms with Crippen LogP contribution in [0.1, 0.15) is 38.2 Å². The van der Waals surface area contributed by atoms with E-state index in [-0.39, 0.29) is 24.0 Å². The summed E-state index contributed by atoms with van der Waals surface area (Å²) < 4.78 is 18.5. The van der Waals surface area contributed by atoms with Crippen molar-refractivity contribution in [2.45, 2.75) is 50.4 Å². The molecule has 0 radical (unpaired) electrons. The molecule has 1 aliphatic rings. The van der Waals surface area contributed by atoms with Crippen LogP contribution in [0.2, 0.25) is 0 Å². The van der Waals surface area contributed by atoms with Crippen LogP contribution in [0.4, 0.5) is 0 Å². The Kier molecular flexibility index (Phi) is 11.1. The van der Waals surface area contributed by atoms with Gasteiger partial charge in [-0.05, 0) is 37.5 Å². The molecule has 0 aromatic heterocycles. The summed E-state index contributed by atoms with van der Waals surface area (Å²) in [6, 6.07) is 6.28. The second-order valence-corrected chi connectivity index (χ2v) is 9.10. The van der Waals surface area contributed by atoms with Gasteiger partial charge in [0, 0.05) is 51.5 Å². The van der Waals surface area contributed by atoms with Crippen LogP contribution in [-0.2, 0) is 17.3 Å². The summed E-state index contributed by atoms with van der Waals surface area (Å²) >= 11 is 3.50. The number of hydrogen-bond donors (Lipinski definition) is 2. The van der Waals surface area contributed by atoms with Gasteiger partial charge in [0.05, 0.1) is 7.11 Å². The third-order valence-electron chi connectivity index (χ3n) is 4.54. The first kappa shape index (κ1) is 23.7. The third-order valence-corrected chi connectivity index (χ3v) is 6.77. The number of benzene rings is 1. The minimum absolute atomic E-state index is 0. The predicted octanol–water partition coefficient (Wildman–Crippen LogP) is 3.82. The van der Waals surface area contributed by atoms with Crippen molar-refractivity contribution in [2.75, 3.05) is 19.9 Å². The second kappa shape index (κ2) is 12.2. The number of guanidine groups is 1. The first-order chi connectivity index (χ1) is 12.1. The summed E-state index contributed by atoms with van der Waals surface area (Å²) in [7, 11) is 2.74. The number of halogens is 2. The molecule has 3 unspecified atom stereocenters. The first-order valence-corrected chi connectivity index (χ1v) is 10.9. The largest absolute Gasteiger partial charge is 0.496 e. The average Bonchev–Trinajstić information content (AvgIpc) is 2.64. The lowest BCUT2D eigenvalue weighted by atomic mass is 9.95. The van der Waals surface area contributed by atoms with Crippen LogP contribution in [0, 0.1) is 0 Å². The molecule has 0 spiro atoms. The van der Waals surface area contributed by atoms with Crippen molar-refractivity contribution in [1.29, 1.82) is 0 Å². The fraction of sp³-hybridized carbons (Fsp3) is 0.611. The van der Waals surface area contributed by atoms with Crippen LogP contribution < -0.4 is 15.4 Å². The number of nitrogens with zero attached hydrogens (tertiary/aromatic N) is 1. The van der Waals surface area contributed by atoms with E-state index >= 15 is 0 Å². The van der Waals surface area contributed by atoms with Gasteiger partial charge < -0.3 is 15.4 Å². The fourth-order valence-corrected chi connectivity index (χ4v) is 4.96. The summed E-state index contributed by atoms with van der Waals surface area (Å²) in [5.41, 5.74) is 1.06. The molecule has 26 heavy (non-hydrogen) atoms. The van der Waals surface area contributed by atoms with Crippen molar-refractivity contribution < 1.29 is 8.95 Å². The molecule has 5 nitrogen and oxygen atoms in total. The molecule has 0 amide bonds. The van der Waals surface area contributed by atoms with E-state index in [1.807, 2.05) is 25.1 Å². The Bertz CT molecular complexity index is 630. The van der Waals surface area contributed by atoms with E-state index in [4.69, 9.17) is 4.74 Å². The Balaban J connectivity index is 0.00000338. The predicted molar refractivity (Wildman–Crippen MR) is 124 cm³/mol. The Hall–Kier alpha value is -0.350. The second-order valence-electron chi connectivity index (χ2n) is 6.18. The highest BCUT2D eigenvalue weighted by molar-refractivity contribution is 14.0. The molecule has 8 heteroatoms. The monoisotopic (exact) mass is 557 g/mol. The highest BCUT2D eigenvalue weighted by atomic mass is 127. The number of methoxy groups -OCH3 is 1. The summed E-state index contributed by atoms with van der Waals surface area (Å²) in [5, 5.41) is 7.15. The molecule has 3 atom stereocenters. The minimum atomic E-state index is -0.713. The Morgan fingerprint density at radius 3 is 2.85 bits per heavy atom. The lowest BCUT2D eigenvalue weighted by molar-refractivity contribution is 0.407. The Morgan fingerprint density at radius 2 is 2.19 bits per heavy atom. The van der Waals surface area contributed by atoms with Crippen molar-refractivity contribution in [1.82, 2.24) is 10.6 Å². The van der Waals surface area contributed by atoms with E-state index in [0.29, 0.717) is 17.8 Å². The maximum atomic E-state index is 12.1. The maximum Gasteiger partial charge on any atom is 0.191 e. The summed E-state index contributed by atoms with van der Waals surface area (Å²) in [6.45, 7) is 2.62. The third kappa shape index (κ3) is 6.99. The van der Waals surface area contributed by atoms with E-state index < -0.39 is 10.8 Å². The van der Waals surface area contributed by atoms with Crippen LogP contribution >= 0.6 is 39.9 Å². The van der Waals surface area contributed by atoms with E-state index in [0.717, 1.165) is 53.2 Å². The fourth-order valence-electron chi connectivity index (χ4n) is 3.20. The summed E-state index contributed by atoms with van der Waals surface area (Å²) in [4.78, 5) is 4.33. The van der Waals surface area contributed by atoms with Gasteiger partial charge in [-0.1, -0.05) is 29.3 Å². The molecule has 2 N–H and O–H groups in total. The van der Waals surface area contributed by atoms with Crippen molar-refractivity contribution in [3.8, 4) is 5.75 Å². The quantitative estimate of drug-likeness (QED) is 0.317. The van der Waals surface area contributed by atoms with Crippen molar-refractivity contribution in [3.63, 3.8) is 0 Å². The molecule has 1 fully saturated rings. The highest BCUT2D eigenvalue weighted by Crippen LogP contribution is 2.24. The summed E-state index contributed by atoms with van der Waals surface area (Å²) in [5.74, 6) is 2.37.